The Kier molecular flexibility index (Phi) is 11.9. The molecule has 2 saturated carbocycles. The van der Waals surface area contributed by atoms with Crippen LogP contribution >= 0.6 is 11.6 Å². The summed E-state index contributed by atoms with van der Waals surface area (Å²) in [5.41, 5.74) is 4.80. The van der Waals surface area contributed by atoms with E-state index in [2.05, 4.69) is 21.7 Å². The number of pyridine rings is 1. The maximum Gasteiger partial charge on any atom is 0.251 e. The molecule has 2 aromatic carbocycles. The number of halogens is 1. The SMILES string of the molecule is O=C(NCCCC(CO)c1ccc(Cl)c(CNC2(c3cnccc3-c3ccccc3OC3CC3)CC2)c1)C(O)C(O)C(O)C(O)CO. The lowest BCUT2D eigenvalue weighted by Crippen LogP contribution is -2.51. The molecule has 5 unspecified atom stereocenters. The number of nitrogens with one attached hydrogen (secondary N) is 2. The summed E-state index contributed by atoms with van der Waals surface area (Å²) in [5, 5.41) is 65.1. The zero-order chi connectivity index (χ0) is 33.6. The molecular weight excluding hydrogens is 626 g/mol. The summed E-state index contributed by atoms with van der Waals surface area (Å²) in [6, 6.07) is 15.9. The van der Waals surface area contributed by atoms with Crippen LogP contribution in [0.25, 0.3) is 11.1 Å². The Balaban J connectivity index is 1.20. The molecule has 2 aliphatic carbocycles. The first kappa shape index (κ1) is 35.2. The summed E-state index contributed by atoms with van der Waals surface area (Å²) in [6.45, 7) is -0.313. The molecule has 12 heteroatoms. The Bertz CT molecular complexity index is 1500. The van der Waals surface area contributed by atoms with Gasteiger partial charge in [0.25, 0.3) is 5.91 Å². The largest absolute Gasteiger partial charge is 0.490 e. The first-order valence-corrected chi connectivity index (χ1v) is 16.5. The molecule has 1 heterocycles. The minimum atomic E-state index is -1.99. The van der Waals surface area contributed by atoms with Gasteiger partial charge in [0.05, 0.1) is 12.7 Å². The molecule has 47 heavy (non-hydrogen) atoms. The summed E-state index contributed by atoms with van der Waals surface area (Å²) in [7, 11) is 0. The lowest BCUT2D eigenvalue weighted by molar-refractivity contribution is -0.148. The van der Waals surface area contributed by atoms with Crippen LogP contribution in [0.3, 0.4) is 0 Å². The van der Waals surface area contributed by atoms with Crippen molar-refractivity contribution in [2.45, 2.75) is 87.0 Å². The van der Waals surface area contributed by atoms with Gasteiger partial charge in [0.2, 0.25) is 0 Å². The van der Waals surface area contributed by atoms with Gasteiger partial charge in [-0.3, -0.25) is 9.78 Å². The van der Waals surface area contributed by atoms with Crippen LogP contribution in [0.2, 0.25) is 5.02 Å². The number of hydrogen-bond acceptors (Lipinski definition) is 10. The molecule has 0 spiro atoms. The summed E-state index contributed by atoms with van der Waals surface area (Å²) < 4.78 is 6.23. The van der Waals surface area contributed by atoms with Gasteiger partial charge >= 0.3 is 0 Å². The minimum absolute atomic E-state index is 0.125. The summed E-state index contributed by atoms with van der Waals surface area (Å²) >= 11 is 6.64. The number of rotatable bonds is 18. The van der Waals surface area contributed by atoms with Gasteiger partial charge in [0, 0.05) is 54.1 Å². The van der Waals surface area contributed by atoms with Crippen molar-refractivity contribution in [3.63, 3.8) is 0 Å². The van der Waals surface area contributed by atoms with Crippen molar-refractivity contribution in [2.24, 2.45) is 0 Å². The first-order valence-electron chi connectivity index (χ1n) is 16.1. The Morgan fingerprint density at radius 3 is 2.47 bits per heavy atom. The molecule has 8 N–H and O–H groups in total. The zero-order valence-electron chi connectivity index (χ0n) is 26.1. The molecule has 2 fully saturated rings. The molecule has 0 bridgehead atoms. The van der Waals surface area contributed by atoms with Gasteiger partial charge in [-0.05, 0) is 79.0 Å². The van der Waals surface area contributed by atoms with E-state index in [0.717, 1.165) is 59.3 Å². The van der Waals surface area contributed by atoms with E-state index in [1.807, 2.05) is 54.9 Å². The van der Waals surface area contributed by atoms with Gasteiger partial charge in [-0.25, -0.2) is 0 Å². The maximum absolute atomic E-state index is 12.2. The van der Waals surface area contributed by atoms with E-state index in [1.165, 1.54) is 0 Å². The third-order valence-corrected chi connectivity index (χ3v) is 9.38. The van der Waals surface area contributed by atoms with Crippen LogP contribution in [-0.4, -0.2) is 91.8 Å². The highest BCUT2D eigenvalue weighted by molar-refractivity contribution is 6.31. The summed E-state index contributed by atoms with van der Waals surface area (Å²) in [6.07, 6.45) is 1.50. The number of ether oxygens (including phenoxy) is 1. The Labute approximate surface area is 279 Å². The molecular formula is C35H44ClN3O8. The van der Waals surface area contributed by atoms with Crippen molar-refractivity contribution in [3.05, 3.63) is 82.6 Å². The van der Waals surface area contributed by atoms with Gasteiger partial charge in [0.15, 0.2) is 6.10 Å². The van der Waals surface area contributed by atoms with E-state index >= 15 is 0 Å². The minimum Gasteiger partial charge on any atom is -0.490 e. The fourth-order valence-corrected chi connectivity index (χ4v) is 5.97. The Morgan fingerprint density at radius 1 is 1.00 bits per heavy atom. The molecule has 11 nitrogen and oxygen atoms in total. The van der Waals surface area contributed by atoms with Gasteiger partial charge in [-0.15, -0.1) is 0 Å². The van der Waals surface area contributed by atoms with Crippen molar-refractivity contribution in [1.29, 1.82) is 0 Å². The van der Waals surface area contributed by atoms with E-state index in [-0.39, 0.29) is 30.7 Å². The molecule has 2 aliphatic rings. The first-order chi connectivity index (χ1) is 22.7. The van der Waals surface area contributed by atoms with Crippen LogP contribution in [0.15, 0.2) is 60.9 Å². The average Bonchev–Trinajstić information content (AvgIpc) is 4.04. The smallest absolute Gasteiger partial charge is 0.251 e. The van der Waals surface area contributed by atoms with Crippen molar-refractivity contribution >= 4 is 17.5 Å². The van der Waals surface area contributed by atoms with E-state index < -0.39 is 36.9 Å². The van der Waals surface area contributed by atoms with E-state index in [4.69, 9.17) is 21.4 Å². The standard InChI is InChI=1S/C35H44ClN3O8/c36-28-10-7-21(22(19-40)4-3-14-38-34(46)33(45)32(44)31(43)29(42)20-41)16-23(28)17-39-35(12-13-35)27-18-37-15-11-25(27)26-5-1-2-6-30(26)47-24-8-9-24/h1-2,5-7,10-11,15-16,18,22,24,29,31-33,39-45H,3-4,8-9,12-14,17,19-20H2,(H,38,46). The third-order valence-electron chi connectivity index (χ3n) is 9.01. The molecule has 5 atom stereocenters. The Hall–Kier alpha value is -3.13. The maximum atomic E-state index is 12.2. The van der Waals surface area contributed by atoms with Gasteiger partial charge in [0.1, 0.15) is 24.1 Å². The summed E-state index contributed by atoms with van der Waals surface area (Å²) in [5.74, 6) is -0.274. The molecule has 0 saturated heterocycles. The number of carbonyl (C=O) groups excluding carboxylic acids is 1. The van der Waals surface area contributed by atoms with Crippen molar-refractivity contribution in [1.82, 2.24) is 15.6 Å². The second-order valence-corrected chi connectivity index (χ2v) is 12.9. The average molecular weight is 670 g/mol. The lowest BCUT2D eigenvalue weighted by atomic mass is 9.92. The number of amides is 1. The van der Waals surface area contributed by atoms with Crippen molar-refractivity contribution < 1.29 is 40.2 Å². The van der Waals surface area contributed by atoms with E-state index in [9.17, 15) is 30.3 Å². The highest BCUT2D eigenvalue weighted by Crippen LogP contribution is 2.50. The molecule has 1 amide bonds. The number of nitrogens with zero attached hydrogens (tertiary/aromatic N) is 1. The number of para-hydroxylation sites is 1. The fourth-order valence-electron chi connectivity index (χ4n) is 5.79. The van der Waals surface area contributed by atoms with E-state index in [0.29, 0.717) is 24.4 Å². The quantitative estimate of drug-likeness (QED) is 0.0934. The summed E-state index contributed by atoms with van der Waals surface area (Å²) in [4.78, 5) is 16.7. The van der Waals surface area contributed by atoms with Crippen LogP contribution in [0.4, 0.5) is 0 Å². The second-order valence-electron chi connectivity index (χ2n) is 12.5. The molecule has 5 rings (SSSR count). The van der Waals surface area contributed by atoms with Crippen LogP contribution in [-0.2, 0) is 16.9 Å². The predicted octanol–water partition coefficient (Wildman–Crippen LogP) is 2.13. The van der Waals surface area contributed by atoms with E-state index in [1.54, 1.807) is 0 Å². The fraction of sp³-hybridized carbons (Fsp3) is 0.486. The van der Waals surface area contributed by atoms with Crippen LogP contribution in [0, 0.1) is 0 Å². The molecule has 0 radical (unpaired) electrons. The van der Waals surface area contributed by atoms with Gasteiger partial charge in [-0.2, -0.15) is 0 Å². The number of benzene rings is 2. The number of aromatic nitrogens is 1. The second kappa shape index (κ2) is 15.8. The third kappa shape index (κ3) is 8.67. The number of aliphatic hydroxyl groups is 6. The van der Waals surface area contributed by atoms with Crippen LogP contribution < -0.4 is 15.4 Å². The predicted molar refractivity (Wildman–Crippen MR) is 176 cm³/mol. The number of aliphatic hydroxyl groups excluding tert-OH is 6. The molecule has 0 aliphatic heterocycles. The lowest BCUT2D eigenvalue weighted by Gasteiger charge is -2.25. The molecule has 3 aromatic rings. The number of carbonyl (C=O) groups is 1. The zero-order valence-corrected chi connectivity index (χ0v) is 26.9. The van der Waals surface area contributed by atoms with Gasteiger partial charge < -0.3 is 46.0 Å². The highest BCUT2D eigenvalue weighted by Gasteiger charge is 2.46. The van der Waals surface area contributed by atoms with Crippen molar-refractivity contribution in [3.8, 4) is 16.9 Å². The van der Waals surface area contributed by atoms with Crippen molar-refractivity contribution in [2.75, 3.05) is 19.8 Å². The number of hydrogen-bond donors (Lipinski definition) is 8. The van der Waals surface area contributed by atoms with Crippen LogP contribution in [0.1, 0.15) is 61.1 Å². The van der Waals surface area contributed by atoms with Crippen LogP contribution in [0.5, 0.6) is 5.75 Å². The topological polar surface area (TPSA) is 185 Å². The highest BCUT2D eigenvalue weighted by atomic mass is 35.5. The Morgan fingerprint density at radius 2 is 1.77 bits per heavy atom. The monoisotopic (exact) mass is 669 g/mol. The molecule has 1 aromatic heterocycles. The molecule has 254 valence electrons. The normalized spacial score (nSPS) is 18.5. The van der Waals surface area contributed by atoms with Gasteiger partial charge in [-0.1, -0.05) is 41.9 Å².